The van der Waals surface area contributed by atoms with Crippen LogP contribution in [-0.2, 0) is 11.2 Å². The highest BCUT2D eigenvalue weighted by Gasteiger charge is 2.12. The van der Waals surface area contributed by atoms with Crippen LogP contribution in [0.3, 0.4) is 0 Å². The minimum Gasteiger partial charge on any atom is -0.481 e. The van der Waals surface area contributed by atoms with Crippen LogP contribution in [0.5, 0.6) is 0 Å². The zero-order chi connectivity index (χ0) is 10.7. The minimum atomic E-state index is -1.13. The molecule has 1 rings (SSSR count). The van der Waals surface area contributed by atoms with Crippen LogP contribution in [0.1, 0.15) is 12.0 Å². The minimum absolute atomic E-state index is 0.0225. The molecular formula is C9H7ClF2O2. The average molecular weight is 221 g/mol. The summed E-state index contributed by atoms with van der Waals surface area (Å²) in [7, 11) is 0. The van der Waals surface area contributed by atoms with E-state index >= 15 is 0 Å². The lowest BCUT2D eigenvalue weighted by atomic mass is 10.1. The molecule has 0 spiro atoms. The summed E-state index contributed by atoms with van der Waals surface area (Å²) >= 11 is 5.32. The molecule has 0 fully saturated rings. The van der Waals surface area contributed by atoms with Gasteiger partial charge in [-0.25, -0.2) is 8.78 Å². The van der Waals surface area contributed by atoms with Gasteiger partial charge in [0.15, 0.2) is 11.6 Å². The summed E-state index contributed by atoms with van der Waals surface area (Å²) < 4.78 is 25.9. The molecule has 1 N–H and O–H groups in total. The highest BCUT2D eigenvalue weighted by Crippen LogP contribution is 2.21. The summed E-state index contributed by atoms with van der Waals surface area (Å²) in [6, 6.07) is 2.49. The molecule has 0 aliphatic heterocycles. The van der Waals surface area contributed by atoms with Crippen molar-refractivity contribution in [2.75, 3.05) is 0 Å². The first kappa shape index (κ1) is 10.9. The molecule has 0 aromatic heterocycles. The molecular weight excluding hydrogens is 214 g/mol. The third-order valence-electron chi connectivity index (χ3n) is 1.72. The third kappa shape index (κ3) is 2.42. The quantitative estimate of drug-likeness (QED) is 0.795. The molecule has 0 saturated heterocycles. The van der Waals surface area contributed by atoms with E-state index in [4.69, 9.17) is 16.7 Å². The van der Waals surface area contributed by atoms with Gasteiger partial charge in [-0.2, -0.15) is 0 Å². The smallest absolute Gasteiger partial charge is 0.303 e. The van der Waals surface area contributed by atoms with E-state index < -0.39 is 17.6 Å². The zero-order valence-electron chi connectivity index (χ0n) is 7.06. The van der Waals surface area contributed by atoms with Crippen molar-refractivity contribution in [2.45, 2.75) is 12.8 Å². The first-order chi connectivity index (χ1) is 6.52. The number of carboxylic acid groups (broad SMARTS) is 1. The normalized spacial score (nSPS) is 10.2. The molecule has 0 aliphatic rings. The number of carbonyl (C=O) groups is 1. The molecule has 0 bridgehead atoms. The summed E-state index contributed by atoms with van der Waals surface area (Å²) in [4.78, 5) is 10.2. The van der Waals surface area contributed by atoms with E-state index in [0.717, 1.165) is 0 Å². The summed E-state index contributed by atoms with van der Waals surface area (Å²) in [6.07, 6.45) is -0.284. The SMILES string of the molecule is O=C(O)CCc1ccc(Cl)c(F)c1F. The van der Waals surface area contributed by atoms with Crippen LogP contribution in [0, 0.1) is 11.6 Å². The maximum absolute atomic E-state index is 13.1. The van der Waals surface area contributed by atoms with Crippen molar-refractivity contribution in [3.8, 4) is 0 Å². The third-order valence-corrected chi connectivity index (χ3v) is 2.02. The Morgan fingerprint density at radius 3 is 2.57 bits per heavy atom. The van der Waals surface area contributed by atoms with Gasteiger partial charge in [-0.1, -0.05) is 17.7 Å². The van der Waals surface area contributed by atoms with Crippen LogP contribution in [0.25, 0.3) is 0 Å². The Hall–Kier alpha value is -1.16. The Labute approximate surface area is 84.1 Å². The van der Waals surface area contributed by atoms with Gasteiger partial charge in [-0.3, -0.25) is 4.79 Å². The van der Waals surface area contributed by atoms with Gasteiger partial charge in [0.05, 0.1) is 5.02 Å². The number of hydrogen-bond acceptors (Lipinski definition) is 1. The summed E-state index contributed by atoms with van der Waals surface area (Å²) in [5.41, 5.74) is 0.0225. The van der Waals surface area contributed by atoms with Crippen LogP contribution < -0.4 is 0 Å². The van der Waals surface area contributed by atoms with Gasteiger partial charge in [0.1, 0.15) is 0 Å². The van der Waals surface area contributed by atoms with Gasteiger partial charge >= 0.3 is 5.97 Å². The van der Waals surface area contributed by atoms with Crippen molar-refractivity contribution >= 4 is 17.6 Å². The molecule has 14 heavy (non-hydrogen) atoms. The van der Waals surface area contributed by atoms with Crippen molar-refractivity contribution in [3.63, 3.8) is 0 Å². The van der Waals surface area contributed by atoms with E-state index in [1.165, 1.54) is 12.1 Å². The number of benzene rings is 1. The van der Waals surface area contributed by atoms with Crippen LogP contribution in [0.15, 0.2) is 12.1 Å². The average Bonchev–Trinajstić information content (AvgIpc) is 2.13. The predicted molar refractivity (Wildman–Crippen MR) is 47.3 cm³/mol. The largest absolute Gasteiger partial charge is 0.481 e. The number of aliphatic carboxylic acids is 1. The van der Waals surface area contributed by atoms with E-state index in [9.17, 15) is 13.6 Å². The number of halogens is 3. The fourth-order valence-electron chi connectivity index (χ4n) is 1.00. The van der Waals surface area contributed by atoms with Gasteiger partial charge < -0.3 is 5.11 Å². The monoisotopic (exact) mass is 220 g/mol. The van der Waals surface area contributed by atoms with Crippen molar-refractivity contribution in [3.05, 3.63) is 34.4 Å². The molecule has 0 amide bonds. The van der Waals surface area contributed by atoms with Crippen LogP contribution in [0.4, 0.5) is 8.78 Å². The molecule has 0 heterocycles. The Morgan fingerprint density at radius 1 is 1.36 bits per heavy atom. The highest BCUT2D eigenvalue weighted by molar-refractivity contribution is 6.30. The van der Waals surface area contributed by atoms with E-state index in [1.54, 1.807) is 0 Å². The number of hydrogen-bond donors (Lipinski definition) is 1. The highest BCUT2D eigenvalue weighted by atomic mass is 35.5. The van der Waals surface area contributed by atoms with Gasteiger partial charge in [-0.15, -0.1) is 0 Å². The number of rotatable bonds is 3. The van der Waals surface area contributed by atoms with Crippen molar-refractivity contribution in [2.24, 2.45) is 0 Å². The van der Waals surface area contributed by atoms with Gasteiger partial charge in [0, 0.05) is 6.42 Å². The molecule has 0 saturated carbocycles. The summed E-state index contributed by atoms with van der Waals surface area (Å²) in [5.74, 6) is -3.26. The lowest BCUT2D eigenvalue weighted by molar-refractivity contribution is -0.136. The second-order valence-corrected chi connectivity index (χ2v) is 3.14. The van der Waals surface area contributed by atoms with Crippen LogP contribution >= 0.6 is 11.6 Å². The Morgan fingerprint density at radius 2 is 2.00 bits per heavy atom. The maximum atomic E-state index is 13.1. The molecule has 0 atom stereocenters. The zero-order valence-corrected chi connectivity index (χ0v) is 7.81. The molecule has 0 radical (unpaired) electrons. The fourth-order valence-corrected chi connectivity index (χ4v) is 1.15. The fraction of sp³-hybridized carbons (Fsp3) is 0.222. The second kappa shape index (κ2) is 4.37. The van der Waals surface area contributed by atoms with E-state index in [2.05, 4.69) is 0 Å². The predicted octanol–water partition coefficient (Wildman–Crippen LogP) is 2.64. The van der Waals surface area contributed by atoms with Crippen molar-refractivity contribution < 1.29 is 18.7 Å². The van der Waals surface area contributed by atoms with Crippen LogP contribution in [-0.4, -0.2) is 11.1 Å². The molecule has 2 nitrogen and oxygen atoms in total. The van der Waals surface area contributed by atoms with Gasteiger partial charge in [0.25, 0.3) is 0 Å². The second-order valence-electron chi connectivity index (χ2n) is 2.73. The maximum Gasteiger partial charge on any atom is 0.303 e. The summed E-state index contributed by atoms with van der Waals surface area (Å²) in [5, 5.41) is 8.04. The van der Waals surface area contributed by atoms with Gasteiger partial charge in [-0.05, 0) is 18.1 Å². The first-order valence-corrected chi connectivity index (χ1v) is 4.24. The van der Waals surface area contributed by atoms with E-state index in [-0.39, 0.29) is 23.4 Å². The van der Waals surface area contributed by atoms with Crippen LogP contribution in [0.2, 0.25) is 5.02 Å². The molecule has 1 aromatic rings. The Bertz CT molecular complexity index is 366. The molecule has 0 unspecified atom stereocenters. The number of carboxylic acids is 1. The van der Waals surface area contributed by atoms with Crippen molar-refractivity contribution in [1.82, 2.24) is 0 Å². The lowest BCUT2D eigenvalue weighted by Gasteiger charge is -2.02. The number of aryl methyl sites for hydroxylation is 1. The topological polar surface area (TPSA) is 37.3 Å². The molecule has 5 heteroatoms. The van der Waals surface area contributed by atoms with E-state index in [1.807, 2.05) is 0 Å². The molecule has 76 valence electrons. The van der Waals surface area contributed by atoms with Crippen molar-refractivity contribution in [1.29, 1.82) is 0 Å². The molecule has 1 aromatic carbocycles. The first-order valence-electron chi connectivity index (χ1n) is 3.86. The van der Waals surface area contributed by atoms with Gasteiger partial charge in [0.2, 0.25) is 0 Å². The Kier molecular flexibility index (Phi) is 3.41. The standard InChI is InChI=1S/C9H7ClF2O2/c10-6-3-1-5(2-4-7(13)14)8(11)9(6)12/h1,3H,2,4H2,(H,13,14). The lowest BCUT2D eigenvalue weighted by Crippen LogP contribution is -2.01. The summed E-state index contributed by atoms with van der Waals surface area (Å²) in [6.45, 7) is 0. The van der Waals surface area contributed by atoms with E-state index in [0.29, 0.717) is 0 Å². The Balaban J connectivity index is 2.88. The molecule has 0 aliphatic carbocycles.